The molecule has 2 aromatic heterocycles. The maximum atomic E-state index is 12.9. The van der Waals surface area contributed by atoms with Crippen LogP contribution in [0.2, 0.25) is 0 Å². The van der Waals surface area contributed by atoms with Crippen molar-refractivity contribution >= 4 is 27.7 Å². The SMILES string of the molecule is CCOc1ccc(-c2nn(CC(=O)NC3CCCCC3)c3c2cnc2ccccc23)cc1. The summed E-state index contributed by atoms with van der Waals surface area (Å²) in [5.41, 5.74) is 3.64. The van der Waals surface area contributed by atoms with Crippen LogP contribution in [0.4, 0.5) is 0 Å². The largest absolute Gasteiger partial charge is 0.494 e. The Kier molecular flexibility index (Phi) is 5.75. The van der Waals surface area contributed by atoms with Crippen LogP contribution in [0.3, 0.4) is 0 Å². The van der Waals surface area contributed by atoms with Gasteiger partial charge >= 0.3 is 0 Å². The van der Waals surface area contributed by atoms with Gasteiger partial charge in [0.05, 0.1) is 17.6 Å². The summed E-state index contributed by atoms with van der Waals surface area (Å²) in [6.45, 7) is 2.79. The van der Waals surface area contributed by atoms with Gasteiger partial charge in [0.25, 0.3) is 0 Å². The van der Waals surface area contributed by atoms with Gasteiger partial charge in [-0.1, -0.05) is 37.5 Å². The highest BCUT2D eigenvalue weighted by Crippen LogP contribution is 2.32. The van der Waals surface area contributed by atoms with E-state index >= 15 is 0 Å². The summed E-state index contributed by atoms with van der Waals surface area (Å²) in [6, 6.07) is 16.2. The predicted octanol–water partition coefficient (Wildman–Crippen LogP) is 5.10. The Morgan fingerprint density at radius 3 is 2.62 bits per heavy atom. The summed E-state index contributed by atoms with van der Waals surface area (Å²) < 4.78 is 7.42. The van der Waals surface area contributed by atoms with Crippen molar-refractivity contribution in [2.24, 2.45) is 0 Å². The lowest BCUT2D eigenvalue weighted by Crippen LogP contribution is -2.38. The first-order chi connectivity index (χ1) is 15.7. The molecule has 6 heteroatoms. The topological polar surface area (TPSA) is 69.0 Å². The summed E-state index contributed by atoms with van der Waals surface area (Å²) in [7, 11) is 0. The number of fused-ring (bicyclic) bond motifs is 3. The van der Waals surface area contributed by atoms with Gasteiger partial charge < -0.3 is 10.1 Å². The molecule has 1 saturated carbocycles. The number of hydrogen-bond donors (Lipinski definition) is 1. The number of hydrogen-bond acceptors (Lipinski definition) is 4. The zero-order chi connectivity index (χ0) is 21.9. The summed E-state index contributed by atoms with van der Waals surface area (Å²) in [6.07, 6.45) is 7.64. The Labute approximate surface area is 187 Å². The number of ether oxygens (including phenoxy) is 1. The Balaban J connectivity index is 1.55. The first-order valence-electron chi connectivity index (χ1n) is 11.5. The molecular formula is C26H28N4O2. The molecule has 4 aromatic rings. The average molecular weight is 429 g/mol. The number of carbonyl (C=O) groups is 1. The third-order valence-corrected chi connectivity index (χ3v) is 6.18. The Hall–Kier alpha value is -3.41. The lowest BCUT2D eigenvalue weighted by Gasteiger charge is -2.22. The van der Waals surface area contributed by atoms with Crippen LogP contribution < -0.4 is 10.1 Å². The lowest BCUT2D eigenvalue weighted by molar-refractivity contribution is -0.122. The Morgan fingerprint density at radius 1 is 1.06 bits per heavy atom. The van der Waals surface area contributed by atoms with Gasteiger partial charge in [-0.3, -0.25) is 14.5 Å². The third-order valence-electron chi connectivity index (χ3n) is 6.18. The van der Waals surface area contributed by atoms with Gasteiger partial charge in [0, 0.05) is 28.6 Å². The maximum absolute atomic E-state index is 12.9. The van der Waals surface area contributed by atoms with Crippen LogP contribution in [0.15, 0.2) is 54.7 Å². The van der Waals surface area contributed by atoms with Crippen molar-refractivity contribution in [2.45, 2.75) is 51.6 Å². The molecule has 0 unspecified atom stereocenters. The van der Waals surface area contributed by atoms with E-state index in [1.807, 2.05) is 66.3 Å². The third kappa shape index (κ3) is 4.05. The van der Waals surface area contributed by atoms with Crippen LogP contribution >= 0.6 is 0 Å². The van der Waals surface area contributed by atoms with Crippen molar-refractivity contribution in [3.63, 3.8) is 0 Å². The molecule has 0 bridgehead atoms. The number of carbonyl (C=O) groups excluding carboxylic acids is 1. The van der Waals surface area contributed by atoms with Crippen molar-refractivity contribution in [3.8, 4) is 17.0 Å². The molecule has 1 fully saturated rings. The van der Waals surface area contributed by atoms with Crippen molar-refractivity contribution in [1.82, 2.24) is 20.1 Å². The minimum absolute atomic E-state index is 0.0143. The summed E-state index contributed by atoms with van der Waals surface area (Å²) in [4.78, 5) is 17.6. The highest BCUT2D eigenvalue weighted by atomic mass is 16.5. The van der Waals surface area contributed by atoms with Gasteiger partial charge in [0.2, 0.25) is 5.91 Å². The highest BCUT2D eigenvalue weighted by Gasteiger charge is 2.20. The fourth-order valence-corrected chi connectivity index (χ4v) is 4.66. The number of nitrogens with one attached hydrogen (secondary N) is 1. The van der Waals surface area contributed by atoms with Gasteiger partial charge in [-0.05, 0) is 50.1 Å². The van der Waals surface area contributed by atoms with Gasteiger partial charge in [-0.25, -0.2) is 0 Å². The van der Waals surface area contributed by atoms with E-state index in [1.165, 1.54) is 19.3 Å². The van der Waals surface area contributed by atoms with Crippen LogP contribution in [-0.2, 0) is 11.3 Å². The first kappa shape index (κ1) is 20.5. The number of nitrogens with zero attached hydrogens (tertiary/aromatic N) is 3. The standard InChI is InChI=1S/C26H28N4O2/c1-2-32-20-14-12-18(13-15-20)25-22-16-27-23-11-7-6-10-21(23)26(22)30(29-25)17-24(31)28-19-8-4-3-5-9-19/h6-7,10-16,19H,2-5,8-9,17H2,1H3,(H,28,31). The second-order valence-corrected chi connectivity index (χ2v) is 8.40. The lowest BCUT2D eigenvalue weighted by atomic mass is 9.95. The van der Waals surface area contributed by atoms with Gasteiger partial charge in [-0.15, -0.1) is 0 Å². The van der Waals surface area contributed by atoms with Crippen LogP contribution in [-0.4, -0.2) is 33.3 Å². The Morgan fingerprint density at radius 2 is 1.84 bits per heavy atom. The van der Waals surface area contributed by atoms with E-state index in [0.29, 0.717) is 6.61 Å². The highest BCUT2D eigenvalue weighted by molar-refractivity contribution is 6.08. The van der Waals surface area contributed by atoms with E-state index in [1.54, 1.807) is 0 Å². The number of rotatable bonds is 6. The number of pyridine rings is 1. The van der Waals surface area contributed by atoms with E-state index < -0.39 is 0 Å². The van der Waals surface area contributed by atoms with Crippen LogP contribution in [0.25, 0.3) is 33.1 Å². The molecule has 164 valence electrons. The second-order valence-electron chi connectivity index (χ2n) is 8.40. The zero-order valence-corrected chi connectivity index (χ0v) is 18.4. The normalized spacial score (nSPS) is 14.7. The predicted molar refractivity (Wildman–Crippen MR) is 127 cm³/mol. The van der Waals surface area contributed by atoms with E-state index in [9.17, 15) is 4.79 Å². The molecule has 0 saturated heterocycles. The zero-order valence-electron chi connectivity index (χ0n) is 18.4. The molecule has 0 radical (unpaired) electrons. The van der Waals surface area contributed by atoms with Crippen LogP contribution in [0.5, 0.6) is 5.75 Å². The van der Waals surface area contributed by atoms with Crippen molar-refractivity contribution < 1.29 is 9.53 Å². The number of amides is 1. The van der Waals surface area contributed by atoms with Crippen molar-refractivity contribution in [1.29, 1.82) is 0 Å². The molecule has 5 rings (SSSR count). The van der Waals surface area contributed by atoms with Gasteiger partial charge in [-0.2, -0.15) is 5.10 Å². The first-order valence-corrected chi connectivity index (χ1v) is 11.5. The van der Waals surface area contributed by atoms with Crippen LogP contribution in [0.1, 0.15) is 39.0 Å². The monoisotopic (exact) mass is 428 g/mol. The van der Waals surface area contributed by atoms with Gasteiger partial charge in [0.15, 0.2) is 0 Å². The molecule has 1 aliphatic rings. The maximum Gasteiger partial charge on any atom is 0.241 e. The molecule has 1 amide bonds. The molecule has 0 spiro atoms. The number of aromatic nitrogens is 3. The molecule has 2 aromatic carbocycles. The molecule has 1 aliphatic carbocycles. The second kappa shape index (κ2) is 8.99. The van der Waals surface area contributed by atoms with E-state index in [0.717, 1.165) is 51.7 Å². The molecule has 0 aliphatic heterocycles. The summed E-state index contributed by atoms with van der Waals surface area (Å²) in [5.74, 6) is 0.843. The number of para-hydroxylation sites is 1. The van der Waals surface area contributed by atoms with Gasteiger partial charge in [0.1, 0.15) is 18.0 Å². The minimum Gasteiger partial charge on any atom is -0.494 e. The number of benzene rings is 2. The van der Waals surface area contributed by atoms with E-state index in [4.69, 9.17) is 9.84 Å². The molecule has 2 heterocycles. The molecule has 32 heavy (non-hydrogen) atoms. The molecule has 1 N–H and O–H groups in total. The minimum atomic E-state index is 0.0143. The molecule has 0 atom stereocenters. The smallest absolute Gasteiger partial charge is 0.241 e. The molecular weight excluding hydrogens is 400 g/mol. The van der Waals surface area contributed by atoms with E-state index in [2.05, 4.69) is 10.3 Å². The van der Waals surface area contributed by atoms with Crippen molar-refractivity contribution in [3.05, 3.63) is 54.7 Å². The van der Waals surface area contributed by atoms with E-state index in [-0.39, 0.29) is 18.5 Å². The Bertz CT molecular complexity index is 1240. The quantitative estimate of drug-likeness (QED) is 0.464. The van der Waals surface area contributed by atoms with Crippen molar-refractivity contribution in [2.75, 3.05) is 6.61 Å². The molecule has 6 nitrogen and oxygen atoms in total. The van der Waals surface area contributed by atoms with Crippen LogP contribution in [0, 0.1) is 0 Å². The fraction of sp³-hybridized carbons (Fsp3) is 0.346. The summed E-state index contributed by atoms with van der Waals surface area (Å²) >= 11 is 0. The average Bonchev–Trinajstić information content (AvgIpc) is 3.19. The fourth-order valence-electron chi connectivity index (χ4n) is 4.66. The summed E-state index contributed by atoms with van der Waals surface area (Å²) in [5, 5.41) is 10.1.